The van der Waals surface area contributed by atoms with Gasteiger partial charge in [-0.05, 0) is 24.3 Å². The van der Waals surface area contributed by atoms with E-state index in [4.69, 9.17) is 22.7 Å². The van der Waals surface area contributed by atoms with Gasteiger partial charge in [0.05, 0.1) is 19.5 Å². The van der Waals surface area contributed by atoms with Crippen LogP contribution < -0.4 is 15.8 Å². The third-order valence-electron chi connectivity index (χ3n) is 2.27. The van der Waals surface area contributed by atoms with Crippen LogP contribution in [0.5, 0.6) is 5.75 Å². The topological polar surface area (TPSA) is 73.1 Å². The van der Waals surface area contributed by atoms with E-state index in [-0.39, 0.29) is 4.99 Å². The lowest BCUT2D eigenvalue weighted by atomic mass is 10.3. The van der Waals surface area contributed by atoms with Crippen molar-refractivity contribution in [3.05, 3.63) is 42.4 Å². The maximum absolute atomic E-state index is 5.44. The van der Waals surface area contributed by atoms with Crippen molar-refractivity contribution < 1.29 is 4.74 Å². The van der Waals surface area contributed by atoms with Crippen molar-refractivity contribution in [2.45, 2.75) is 0 Å². The molecule has 0 saturated heterocycles. The number of methoxy groups -OCH3 is 1. The molecule has 92 valence electrons. The zero-order valence-electron chi connectivity index (χ0n) is 9.75. The Balaban J connectivity index is 2.10. The second kappa shape index (κ2) is 5.42. The molecule has 1 heterocycles. The predicted octanol–water partition coefficient (Wildman–Crippen LogP) is 1.86. The van der Waals surface area contributed by atoms with Crippen LogP contribution in [0.4, 0.5) is 11.5 Å². The highest BCUT2D eigenvalue weighted by Crippen LogP contribution is 2.18. The fraction of sp³-hybridized carbons (Fsp3) is 0.0833. The molecular weight excluding hydrogens is 248 g/mol. The number of thiocarbonyl (C=S) groups is 1. The van der Waals surface area contributed by atoms with Crippen molar-refractivity contribution in [2.75, 3.05) is 12.4 Å². The van der Waals surface area contributed by atoms with E-state index in [1.165, 1.54) is 6.20 Å². The van der Waals surface area contributed by atoms with Crippen LogP contribution in [-0.4, -0.2) is 22.1 Å². The van der Waals surface area contributed by atoms with Gasteiger partial charge in [-0.2, -0.15) is 0 Å². The summed E-state index contributed by atoms with van der Waals surface area (Å²) in [6.07, 6.45) is 3.12. The van der Waals surface area contributed by atoms with Crippen LogP contribution in [0.2, 0.25) is 0 Å². The molecular formula is C12H12N4OS. The first-order valence-corrected chi connectivity index (χ1v) is 5.63. The van der Waals surface area contributed by atoms with Crippen LogP contribution in [0.1, 0.15) is 5.69 Å². The van der Waals surface area contributed by atoms with Crippen molar-refractivity contribution in [2.24, 2.45) is 5.73 Å². The van der Waals surface area contributed by atoms with E-state index in [0.29, 0.717) is 11.5 Å². The highest BCUT2D eigenvalue weighted by molar-refractivity contribution is 7.80. The number of nitrogens with zero attached hydrogens (tertiary/aromatic N) is 2. The number of ether oxygens (including phenoxy) is 1. The molecule has 2 rings (SSSR count). The summed E-state index contributed by atoms with van der Waals surface area (Å²) < 4.78 is 5.08. The Kier molecular flexibility index (Phi) is 3.69. The first-order chi connectivity index (χ1) is 8.69. The van der Waals surface area contributed by atoms with Crippen LogP contribution in [0.3, 0.4) is 0 Å². The van der Waals surface area contributed by atoms with Crippen LogP contribution in [0.25, 0.3) is 0 Å². The molecule has 1 aromatic heterocycles. The number of anilines is 2. The number of hydrogen-bond acceptors (Lipinski definition) is 5. The number of nitrogens with two attached hydrogens (primary N) is 1. The lowest BCUT2D eigenvalue weighted by Crippen LogP contribution is -2.12. The average molecular weight is 260 g/mol. The van der Waals surface area contributed by atoms with E-state index < -0.39 is 0 Å². The lowest BCUT2D eigenvalue weighted by Gasteiger charge is -2.06. The van der Waals surface area contributed by atoms with Gasteiger partial charge in [0, 0.05) is 5.69 Å². The minimum atomic E-state index is 0.235. The van der Waals surface area contributed by atoms with Crippen molar-refractivity contribution in [1.82, 2.24) is 9.97 Å². The number of aromatic nitrogens is 2. The number of nitrogens with one attached hydrogen (secondary N) is 1. The molecule has 3 N–H and O–H groups in total. The fourth-order valence-corrected chi connectivity index (χ4v) is 1.45. The molecule has 0 radical (unpaired) electrons. The summed E-state index contributed by atoms with van der Waals surface area (Å²) in [6.45, 7) is 0. The zero-order chi connectivity index (χ0) is 13.0. The molecule has 0 unspecified atom stereocenters. The Hall–Kier alpha value is -2.21. The standard InChI is InChI=1S/C12H12N4OS/c1-17-9-4-2-8(3-5-9)16-11-7-14-10(6-15-11)12(13)18/h2-7H,1H3,(H2,13,18)(H,15,16). The Morgan fingerprint density at radius 1 is 1.22 bits per heavy atom. The van der Waals surface area contributed by atoms with Gasteiger partial charge in [0.25, 0.3) is 0 Å². The minimum Gasteiger partial charge on any atom is -0.497 e. The van der Waals surface area contributed by atoms with E-state index in [0.717, 1.165) is 11.4 Å². The van der Waals surface area contributed by atoms with Gasteiger partial charge in [0.2, 0.25) is 0 Å². The third kappa shape index (κ3) is 2.92. The lowest BCUT2D eigenvalue weighted by molar-refractivity contribution is 0.415. The van der Waals surface area contributed by atoms with E-state index in [1.54, 1.807) is 13.3 Å². The SMILES string of the molecule is COc1ccc(Nc2cnc(C(N)=S)cn2)cc1. The summed E-state index contributed by atoms with van der Waals surface area (Å²) in [5.41, 5.74) is 6.84. The van der Waals surface area contributed by atoms with Crippen LogP contribution in [0, 0.1) is 0 Å². The summed E-state index contributed by atoms with van der Waals surface area (Å²) in [6, 6.07) is 7.50. The molecule has 0 aliphatic carbocycles. The summed E-state index contributed by atoms with van der Waals surface area (Å²) in [5.74, 6) is 1.43. The summed E-state index contributed by atoms with van der Waals surface area (Å²) in [5, 5.41) is 3.11. The monoisotopic (exact) mass is 260 g/mol. The molecule has 0 atom stereocenters. The molecule has 0 saturated carbocycles. The molecule has 0 bridgehead atoms. The minimum absolute atomic E-state index is 0.235. The first kappa shape index (κ1) is 12.3. The molecule has 1 aromatic carbocycles. The molecule has 0 aliphatic heterocycles. The van der Waals surface area contributed by atoms with Crippen LogP contribution >= 0.6 is 12.2 Å². The third-order valence-corrected chi connectivity index (χ3v) is 2.48. The van der Waals surface area contributed by atoms with E-state index in [1.807, 2.05) is 24.3 Å². The molecule has 0 fully saturated rings. The van der Waals surface area contributed by atoms with Crippen molar-refractivity contribution in [3.8, 4) is 5.75 Å². The highest BCUT2D eigenvalue weighted by Gasteiger charge is 2.00. The largest absolute Gasteiger partial charge is 0.497 e. The van der Waals surface area contributed by atoms with Gasteiger partial charge in [0.15, 0.2) is 0 Å². The van der Waals surface area contributed by atoms with Crippen molar-refractivity contribution >= 4 is 28.7 Å². The van der Waals surface area contributed by atoms with Crippen molar-refractivity contribution in [1.29, 1.82) is 0 Å². The predicted molar refractivity (Wildman–Crippen MR) is 74.2 cm³/mol. The van der Waals surface area contributed by atoms with Crippen molar-refractivity contribution in [3.63, 3.8) is 0 Å². The fourth-order valence-electron chi connectivity index (χ4n) is 1.34. The van der Waals surface area contributed by atoms with Crippen LogP contribution in [0.15, 0.2) is 36.7 Å². The van der Waals surface area contributed by atoms with Gasteiger partial charge < -0.3 is 15.8 Å². The molecule has 6 heteroatoms. The molecule has 0 aliphatic rings. The summed E-state index contributed by atoms with van der Waals surface area (Å²) in [7, 11) is 1.63. The zero-order valence-corrected chi connectivity index (χ0v) is 10.6. The maximum Gasteiger partial charge on any atom is 0.148 e. The Bertz CT molecular complexity index is 539. The van der Waals surface area contributed by atoms with Gasteiger partial charge in [-0.25, -0.2) is 9.97 Å². The van der Waals surface area contributed by atoms with E-state index in [2.05, 4.69) is 15.3 Å². The maximum atomic E-state index is 5.44. The molecule has 2 aromatic rings. The molecule has 0 amide bonds. The Morgan fingerprint density at radius 3 is 2.44 bits per heavy atom. The van der Waals surface area contributed by atoms with E-state index in [9.17, 15) is 0 Å². The van der Waals surface area contributed by atoms with E-state index >= 15 is 0 Å². The number of hydrogen-bond donors (Lipinski definition) is 2. The summed E-state index contributed by atoms with van der Waals surface area (Å²) >= 11 is 4.80. The quantitative estimate of drug-likeness (QED) is 0.817. The molecule has 18 heavy (non-hydrogen) atoms. The van der Waals surface area contributed by atoms with Gasteiger partial charge in [0.1, 0.15) is 22.2 Å². The van der Waals surface area contributed by atoms with Gasteiger partial charge in [-0.1, -0.05) is 12.2 Å². The molecule has 5 nitrogen and oxygen atoms in total. The van der Waals surface area contributed by atoms with Gasteiger partial charge in [-0.15, -0.1) is 0 Å². The summed E-state index contributed by atoms with van der Waals surface area (Å²) in [4.78, 5) is 8.49. The first-order valence-electron chi connectivity index (χ1n) is 5.22. The van der Waals surface area contributed by atoms with Gasteiger partial charge >= 0.3 is 0 Å². The second-order valence-electron chi connectivity index (χ2n) is 3.50. The Labute approximate surface area is 110 Å². The van der Waals surface area contributed by atoms with Gasteiger partial charge in [-0.3, -0.25) is 0 Å². The average Bonchev–Trinajstić information content (AvgIpc) is 2.40. The number of rotatable bonds is 4. The number of benzene rings is 1. The second-order valence-corrected chi connectivity index (χ2v) is 3.94. The highest BCUT2D eigenvalue weighted by atomic mass is 32.1. The molecule has 0 spiro atoms. The van der Waals surface area contributed by atoms with Crippen LogP contribution in [-0.2, 0) is 0 Å². The normalized spacial score (nSPS) is 9.83. The Morgan fingerprint density at radius 2 is 1.94 bits per heavy atom. The smallest absolute Gasteiger partial charge is 0.148 e.